The Bertz CT molecular complexity index is 425. The molecule has 20 heavy (non-hydrogen) atoms. The normalized spacial score (nSPS) is 10.7. The predicted molar refractivity (Wildman–Crippen MR) is 88.3 cm³/mol. The predicted octanol–water partition coefficient (Wildman–Crippen LogP) is 3.65. The van der Waals surface area contributed by atoms with Crippen molar-refractivity contribution in [2.75, 3.05) is 0 Å². The number of hydrogen-bond donors (Lipinski definition) is 1. The molecule has 110 valence electrons. The van der Waals surface area contributed by atoms with E-state index in [0.29, 0.717) is 17.4 Å². The van der Waals surface area contributed by atoms with Gasteiger partial charge in [-0.05, 0) is 54.7 Å². The van der Waals surface area contributed by atoms with Crippen LogP contribution in [0.25, 0.3) is 0 Å². The van der Waals surface area contributed by atoms with Crippen LogP contribution in [0.5, 0.6) is 0 Å². The van der Waals surface area contributed by atoms with Gasteiger partial charge in [0, 0.05) is 0 Å². The first kappa shape index (κ1) is 19.9. The molecular weight excluding hydrogens is 276 g/mol. The molecule has 1 rings (SSSR count). The third kappa shape index (κ3) is 7.10. The Hall–Kier alpha value is -0.0503. The van der Waals surface area contributed by atoms with Crippen LogP contribution in [-0.4, -0.2) is 48.8 Å². The molecule has 0 aliphatic rings. The van der Waals surface area contributed by atoms with E-state index in [2.05, 4.69) is 33.8 Å². The summed E-state index contributed by atoms with van der Waals surface area (Å²) < 4.78 is 0. The second-order valence-electron chi connectivity index (χ2n) is 6.16. The summed E-state index contributed by atoms with van der Waals surface area (Å²) in [4.78, 5) is 11.2. The van der Waals surface area contributed by atoms with Gasteiger partial charge in [-0.25, -0.2) is 4.79 Å². The Morgan fingerprint density at radius 1 is 1.05 bits per heavy atom. The van der Waals surface area contributed by atoms with E-state index in [1.165, 1.54) is 5.56 Å². The van der Waals surface area contributed by atoms with Crippen LogP contribution in [0.1, 0.15) is 62.0 Å². The Balaban J connectivity index is 0.00000361. The van der Waals surface area contributed by atoms with Gasteiger partial charge >= 0.3 is 43.7 Å². The zero-order chi connectivity index (χ0) is 14.4. The summed E-state index contributed by atoms with van der Waals surface area (Å²) in [6.07, 6.45) is 4.07. The van der Waals surface area contributed by atoms with Gasteiger partial charge in [0.2, 0.25) is 0 Å². The molecule has 0 radical (unpaired) electrons. The Morgan fingerprint density at radius 3 is 2.10 bits per heavy atom. The fourth-order valence-electron chi connectivity index (χ4n) is 2.12. The first-order chi connectivity index (χ1) is 8.90. The molecule has 1 aromatic carbocycles. The van der Waals surface area contributed by atoms with Gasteiger partial charge in [-0.15, -0.1) is 0 Å². The monoisotopic (exact) mass is 304 g/mol. The Kier molecular flexibility index (Phi) is 9.78. The standard InChI is InChI=1S/C17H26O2.Ca.2H/c1-12(2)5-7-14-8-10-16(17(18)19)15(11-14)9-6-13(3)4;;;/h8,10-13H,5-7,9H2,1-4H3,(H,18,19);;;. The molecule has 0 aromatic heterocycles. The van der Waals surface area contributed by atoms with Crippen molar-refractivity contribution >= 4 is 43.7 Å². The molecule has 0 saturated carbocycles. The second-order valence-corrected chi connectivity index (χ2v) is 6.16. The molecule has 0 amide bonds. The van der Waals surface area contributed by atoms with Crippen molar-refractivity contribution in [1.82, 2.24) is 0 Å². The van der Waals surface area contributed by atoms with Crippen molar-refractivity contribution < 1.29 is 9.90 Å². The van der Waals surface area contributed by atoms with Gasteiger partial charge in [-0.1, -0.05) is 39.8 Å². The SMILES string of the molecule is CC(C)CCc1ccc(C(=O)O)c(CCC(C)C)c1.[CaH2]. The fraction of sp³-hybridized carbons (Fsp3) is 0.588. The van der Waals surface area contributed by atoms with E-state index in [9.17, 15) is 9.90 Å². The van der Waals surface area contributed by atoms with Crippen LogP contribution in [0.2, 0.25) is 0 Å². The Morgan fingerprint density at radius 2 is 1.60 bits per heavy atom. The molecule has 0 bridgehead atoms. The number of hydrogen-bond acceptors (Lipinski definition) is 1. The summed E-state index contributed by atoms with van der Waals surface area (Å²) in [5.74, 6) is 0.466. The maximum atomic E-state index is 11.2. The average Bonchev–Trinajstić information content (AvgIpc) is 2.33. The van der Waals surface area contributed by atoms with Crippen LogP contribution < -0.4 is 0 Å². The van der Waals surface area contributed by atoms with E-state index in [0.717, 1.165) is 31.2 Å². The third-order valence-electron chi connectivity index (χ3n) is 3.40. The molecule has 0 aliphatic heterocycles. The number of aryl methyl sites for hydroxylation is 2. The summed E-state index contributed by atoms with van der Waals surface area (Å²) in [7, 11) is 0. The maximum absolute atomic E-state index is 11.2. The van der Waals surface area contributed by atoms with E-state index in [4.69, 9.17) is 0 Å². The minimum atomic E-state index is -0.811. The zero-order valence-corrected chi connectivity index (χ0v) is 12.6. The number of benzene rings is 1. The van der Waals surface area contributed by atoms with E-state index >= 15 is 0 Å². The summed E-state index contributed by atoms with van der Waals surface area (Å²) in [6, 6.07) is 5.83. The van der Waals surface area contributed by atoms with E-state index in [1.807, 2.05) is 6.07 Å². The van der Waals surface area contributed by atoms with Crippen LogP contribution in [0.3, 0.4) is 0 Å². The summed E-state index contributed by atoms with van der Waals surface area (Å²) in [5.41, 5.74) is 2.72. The average molecular weight is 304 g/mol. The topological polar surface area (TPSA) is 37.3 Å². The van der Waals surface area contributed by atoms with Crippen LogP contribution in [0.4, 0.5) is 0 Å². The van der Waals surface area contributed by atoms with Gasteiger partial charge in [-0.2, -0.15) is 0 Å². The number of carbonyl (C=O) groups is 1. The minimum absolute atomic E-state index is 0. The van der Waals surface area contributed by atoms with Gasteiger partial charge in [0.1, 0.15) is 0 Å². The van der Waals surface area contributed by atoms with Crippen molar-refractivity contribution in [2.24, 2.45) is 11.8 Å². The van der Waals surface area contributed by atoms with Gasteiger partial charge in [0.25, 0.3) is 0 Å². The first-order valence-corrected chi connectivity index (χ1v) is 7.25. The molecule has 0 unspecified atom stereocenters. The van der Waals surface area contributed by atoms with Crippen molar-refractivity contribution in [3.05, 3.63) is 34.9 Å². The van der Waals surface area contributed by atoms with E-state index in [-0.39, 0.29) is 37.7 Å². The number of carboxylic acid groups (broad SMARTS) is 1. The molecule has 0 atom stereocenters. The molecule has 0 saturated heterocycles. The van der Waals surface area contributed by atoms with E-state index in [1.54, 1.807) is 6.07 Å². The summed E-state index contributed by atoms with van der Waals surface area (Å²) in [5, 5.41) is 9.24. The number of aromatic carboxylic acids is 1. The van der Waals surface area contributed by atoms with Gasteiger partial charge in [0.05, 0.1) is 5.56 Å². The second kappa shape index (κ2) is 9.81. The molecule has 3 heteroatoms. The first-order valence-electron chi connectivity index (χ1n) is 7.25. The van der Waals surface area contributed by atoms with Crippen molar-refractivity contribution in [2.45, 2.75) is 53.4 Å². The van der Waals surface area contributed by atoms with Crippen LogP contribution in [-0.2, 0) is 12.8 Å². The molecule has 0 aliphatic carbocycles. The quantitative estimate of drug-likeness (QED) is 0.781. The summed E-state index contributed by atoms with van der Waals surface area (Å²) >= 11 is 0. The van der Waals surface area contributed by atoms with Crippen LogP contribution in [0.15, 0.2) is 18.2 Å². The van der Waals surface area contributed by atoms with Crippen LogP contribution >= 0.6 is 0 Å². The fourth-order valence-corrected chi connectivity index (χ4v) is 2.12. The van der Waals surface area contributed by atoms with Crippen LogP contribution in [0, 0.1) is 11.8 Å². The molecule has 1 aromatic rings. The molecule has 0 spiro atoms. The molecule has 0 heterocycles. The molecule has 2 nitrogen and oxygen atoms in total. The molecule has 0 fully saturated rings. The van der Waals surface area contributed by atoms with E-state index < -0.39 is 5.97 Å². The molecular formula is C17H28CaO2. The van der Waals surface area contributed by atoms with Gasteiger partial charge in [-0.3, -0.25) is 0 Å². The van der Waals surface area contributed by atoms with Gasteiger partial charge < -0.3 is 5.11 Å². The summed E-state index contributed by atoms with van der Waals surface area (Å²) in [6.45, 7) is 8.77. The third-order valence-corrected chi connectivity index (χ3v) is 3.40. The number of carboxylic acids is 1. The number of rotatable bonds is 7. The Labute approximate surface area is 153 Å². The van der Waals surface area contributed by atoms with Crippen molar-refractivity contribution in [3.63, 3.8) is 0 Å². The van der Waals surface area contributed by atoms with Gasteiger partial charge in [0.15, 0.2) is 0 Å². The van der Waals surface area contributed by atoms with Crippen molar-refractivity contribution in [1.29, 1.82) is 0 Å². The van der Waals surface area contributed by atoms with Crippen molar-refractivity contribution in [3.8, 4) is 0 Å². The zero-order valence-electron chi connectivity index (χ0n) is 12.6. The molecule has 1 N–H and O–H groups in total.